The topological polar surface area (TPSA) is 12.0 Å². The summed E-state index contributed by atoms with van der Waals surface area (Å²) in [6, 6.07) is 0.768. The second-order valence-electron chi connectivity index (χ2n) is 4.68. The lowest BCUT2D eigenvalue weighted by atomic mass is 10.0. The highest BCUT2D eigenvalue weighted by Crippen LogP contribution is 2.45. The fourth-order valence-electron chi connectivity index (χ4n) is 2.46. The molecule has 1 saturated heterocycles. The number of rotatable bonds is 0. The van der Waals surface area contributed by atoms with E-state index in [0.717, 1.165) is 17.9 Å². The Morgan fingerprint density at radius 3 is 2.75 bits per heavy atom. The van der Waals surface area contributed by atoms with E-state index < -0.39 is 0 Å². The number of fused-ring (bicyclic) bond motifs is 1. The monoisotopic (exact) mass is 167 g/mol. The number of hydrogen-bond donors (Lipinski definition) is 1. The minimum absolute atomic E-state index is 0.768. The van der Waals surface area contributed by atoms with Crippen molar-refractivity contribution < 1.29 is 0 Å². The van der Waals surface area contributed by atoms with Crippen molar-refractivity contribution in [1.29, 1.82) is 0 Å². The zero-order valence-corrected chi connectivity index (χ0v) is 8.18. The zero-order chi connectivity index (χ0) is 8.39. The van der Waals surface area contributed by atoms with E-state index in [1.54, 1.807) is 6.42 Å². The molecule has 0 aromatic carbocycles. The van der Waals surface area contributed by atoms with Crippen LogP contribution in [0.4, 0.5) is 0 Å². The largest absolute Gasteiger partial charge is 0.314 e. The highest BCUT2D eigenvalue weighted by Gasteiger charge is 2.35. The maximum absolute atomic E-state index is 3.59. The molecule has 3 atom stereocenters. The van der Waals surface area contributed by atoms with Crippen molar-refractivity contribution in [2.24, 2.45) is 11.8 Å². The van der Waals surface area contributed by atoms with Crippen LogP contribution in [0.25, 0.3) is 0 Å². The first-order valence-corrected chi connectivity index (χ1v) is 5.59. The Kier molecular flexibility index (Phi) is 2.69. The fourth-order valence-corrected chi connectivity index (χ4v) is 2.46. The quantitative estimate of drug-likeness (QED) is 0.584. The van der Waals surface area contributed by atoms with Gasteiger partial charge >= 0.3 is 0 Å². The van der Waals surface area contributed by atoms with Crippen LogP contribution in [0.1, 0.15) is 45.4 Å². The van der Waals surface area contributed by atoms with Gasteiger partial charge < -0.3 is 5.32 Å². The molecule has 1 aliphatic carbocycles. The van der Waals surface area contributed by atoms with Crippen molar-refractivity contribution in [3.63, 3.8) is 0 Å². The number of nitrogens with one attached hydrogen (secondary N) is 1. The molecule has 1 nitrogen and oxygen atoms in total. The van der Waals surface area contributed by atoms with Gasteiger partial charge in [-0.3, -0.25) is 0 Å². The average molecular weight is 167 g/mol. The van der Waals surface area contributed by atoms with E-state index in [9.17, 15) is 0 Å². The van der Waals surface area contributed by atoms with Crippen LogP contribution in [0.5, 0.6) is 0 Å². The summed E-state index contributed by atoms with van der Waals surface area (Å²) in [7, 11) is 0. The molecule has 70 valence electrons. The molecule has 0 aromatic rings. The minimum atomic E-state index is 0.768. The van der Waals surface area contributed by atoms with Crippen molar-refractivity contribution in [3.05, 3.63) is 0 Å². The Morgan fingerprint density at radius 1 is 1.00 bits per heavy atom. The first-order valence-electron chi connectivity index (χ1n) is 5.59. The Morgan fingerprint density at radius 2 is 1.83 bits per heavy atom. The van der Waals surface area contributed by atoms with Gasteiger partial charge in [-0.05, 0) is 51.0 Å². The first kappa shape index (κ1) is 8.55. The highest BCUT2D eigenvalue weighted by atomic mass is 14.9. The number of hydrogen-bond acceptors (Lipinski definition) is 1. The zero-order valence-electron chi connectivity index (χ0n) is 8.18. The van der Waals surface area contributed by atoms with E-state index in [4.69, 9.17) is 0 Å². The highest BCUT2D eigenvalue weighted by molar-refractivity contribution is 4.87. The van der Waals surface area contributed by atoms with E-state index >= 15 is 0 Å². The lowest BCUT2D eigenvalue weighted by molar-refractivity contribution is 0.436. The fraction of sp³-hybridized carbons (Fsp3) is 1.00. The van der Waals surface area contributed by atoms with Crippen LogP contribution >= 0.6 is 0 Å². The van der Waals surface area contributed by atoms with Gasteiger partial charge in [0, 0.05) is 6.04 Å². The van der Waals surface area contributed by atoms with E-state index in [1.165, 1.54) is 38.6 Å². The molecule has 12 heavy (non-hydrogen) atoms. The molecule has 3 unspecified atom stereocenters. The van der Waals surface area contributed by atoms with E-state index in [0.29, 0.717) is 0 Å². The Balaban J connectivity index is 1.77. The molecule has 1 saturated carbocycles. The summed E-state index contributed by atoms with van der Waals surface area (Å²) in [6.07, 6.45) is 8.81. The SMILES string of the molecule is CC1CCC2CC2CCCCN1. The summed E-state index contributed by atoms with van der Waals surface area (Å²) in [4.78, 5) is 0. The predicted molar refractivity (Wildman–Crippen MR) is 52.1 cm³/mol. The van der Waals surface area contributed by atoms with Crippen LogP contribution < -0.4 is 5.32 Å². The molecule has 0 amide bonds. The lowest BCUT2D eigenvalue weighted by Gasteiger charge is -2.15. The van der Waals surface area contributed by atoms with Crippen LogP contribution in [0.3, 0.4) is 0 Å². The second kappa shape index (κ2) is 3.78. The average Bonchev–Trinajstić information content (AvgIpc) is 2.80. The van der Waals surface area contributed by atoms with Gasteiger partial charge in [-0.25, -0.2) is 0 Å². The van der Waals surface area contributed by atoms with Gasteiger partial charge in [-0.2, -0.15) is 0 Å². The van der Waals surface area contributed by atoms with Crippen molar-refractivity contribution >= 4 is 0 Å². The maximum Gasteiger partial charge on any atom is 0.00388 e. The summed E-state index contributed by atoms with van der Waals surface area (Å²) >= 11 is 0. The third kappa shape index (κ3) is 2.22. The van der Waals surface area contributed by atoms with Gasteiger partial charge in [-0.15, -0.1) is 0 Å². The molecule has 2 rings (SSSR count). The molecule has 1 N–H and O–H groups in total. The third-order valence-electron chi connectivity index (χ3n) is 3.53. The Labute approximate surface area is 75.9 Å². The van der Waals surface area contributed by atoms with Gasteiger partial charge in [0.2, 0.25) is 0 Å². The standard InChI is InChI=1S/C11H21N/c1-9-5-6-11-8-10(11)4-2-3-7-12-9/h9-12H,2-8H2,1H3. The van der Waals surface area contributed by atoms with Crippen LogP contribution in [0.2, 0.25) is 0 Å². The van der Waals surface area contributed by atoms with Gasteiger partial charge in [0.1, 0.15) is 0 Å². The van der Waals surface area contributed by atoms with Crippen LogP contribution in [-0.4, -0.2) is 12.6 Å². The molecule has 0 aromatic heterocycles. The predicted octanol–water partition coefficient (Wildman–Crippen LogP) is 2.56. The molecule has 2 aliphatic rings. The van der Waals surface area contributed by atoms with Gasteiger partial charge in [0.25, 0.3) is 0 Å². The molecule has 1 heteroatoms. The molecule has 1 aliphatic heterocycles. The van der Waals surface area contributed by atoms with Crippen molar-refractivity contribution in [1.82, 2.24) is 5.32 Å². The molecule has 1 heterocycles. The van der Waals surface area contributed by atoms with Gasteiger partial charge in [0.15, 0.2) is 0 Å². The third-order valence-corrected chi connectivity index (χ3v) is 3.53. The van der Waals surface area contributed by atoms with Crippen LogP contribution in [0.15, 0.2) is 0 Å². The van der Waals surface area contributed by atoms with Crippen molar-refractivity contribution in [2.75, 3.05) is 6.54 Å². The van der Waals surface area contributed by atoms with Crippen LogP contribution in [-0.2, 0) is 0 Å². The Bertz CT molecular complexity index is 142. The van der Waals surface area contributed by atoms with Gasteiger partial charge in [-0.1, -0.05) is 12.8 Å². The van der Waals surface area contributed by atoms with E-state index in [2.05, 4.69) is 12.2 Å². The summed E-state index contributed by atoms with van der Waals surface area (Å²) in [5.41, 5.74) is 0. The molecular formula is C11H21N. The first-order chi connectivity index (χ1) is 5.86. The normalized spacial score (nSPS) is 43.2. The summed E-state index contributed by atoms with van der Waals surface area (Å²) in [6.45, 7) is 3.58. The van der Waals surface area contributed by atoms with Crippen LogP contribution in [0, 0.1) is 11.8 Å². The lowest BCUT2D eigenvalue weighted by Crippen LogP contribution is -2.27. The Hall–Kier alpha value is -0.0400. The molecule has 0 spiro atoms. The molecule has 2 fully saturated rings. The van der Waals surface area contributed by atoms with Gasteiger partial charge in [0.05, 0.1) is 0 Å². The summed E-state index contributed by atoms with van der Waals surface area (Å²) in [5.74, 6) is 2.25. The molecule has 0 radical (unpaired) electrons. The summed E-state index contributed by atoms with van der Waals surface area (Å²) < 4.78 is 0. The van der Waals surface area contributed by atoms with Crippen molar-refractivity contribution in [2.45, 2.75) is 51.5 Å². The van der Waals surface area contributed by atoms with E-state index in [1.807, 2.05) is 0 Å². The summed E-state index contributed by atoms with van der Waals surface area (Å²) in [5, 5.41) is 3.59. The van der Waals surface area contributed by atoms with E-state index in [-0.39, 0.29) is 0 Å². The molecular weight excluding hydrogens is 146 g/mol. The maximum atomic E-state index is 3.59. The van der Waals surface area contributed by atoms with Crippen molar-refractivity contribution in [3.8, 4) is 0 Å². The minimum Gasteiger partial charge on any atom is -0.314 e. The molecule has 0 bridgehead atoms. The second-order valence-corrected chi connectivity index (χ2v) is 4.68. The smallest absolute Gasteiger partial charge is 0.00388 e.